The predicted octanol–water partition coefficient (Wildman–Crippen LogP) is 5.75. The lowest BCUT2D eigenvalue weighted by atomic mass is 9.95. The van der Waals surface area contributed by atoms with Crippen LogP contribution in [0.5, 0.6) is 17.2 Å². The number of hydrogen-bond donors (Lipinski definition) is 2. The second kappa shape index (κ2) is 11.0. The van der Waals surface area contributed by atoms with Crippen LogP contribution >= 0.6 is 0 Å². The number of benzene rings is 2. The molecule has 0 radical (unpaired) electrons. The van der Waals surface area contributed by atoms with Crippen molar-refractivity contribution in [2.45, 2.75) is 39.8 Å². The summed E-state index contributed by atoms with van der Waals surface area (Å²) in [6.45, 7) is 7.69. The highest BCUT2D eigenvalue weighted by atomic mass is 16.5. The van der Waals surface area contributed by atoms with Crippen LogP contribution in [0, 0.1) is 5.92 Å². The number of amides is 1. The first-order chi connectivity index (χ1) is 18.5. The Balaban J connectivity index is 1.60. The number of phenols is 1. The molecule has 3 heterocycles. The van der Waals surface area contributed by atoms with Crippen molar-refractivity contribution in [3.63, 3.8) is 0 Å². The van der Waals surface area contributed by atoms with Crippen molar-refractivity contribution in [3.05, 3.63) is 89.4 Å². The zero-order valence-corrected chi connectivity index (χ0v) is 21.8. The first-order valence-corrected chi connectivity index (χ1v) is 12.9. The number of carbonyl (C=O) groups excluding carboxylic acids is 1. The fourth-order valence-electron chi connectivity index (χ4n) is 4.76. The van der Waals surface area contributed by atoms with E-state index in [1.165, 1.54) is 0 Å². The Hall–Kier alpha value is -4.33. The van der Waals surface area contributed by atoms with Gasteiger partial charge in [0.25, 0.3) is 5.91 Å². The summed E-state index contributed by atoms with van der Waals surface area (Å²) < 4.78 is 12.0. The molecule has 0 saturated carbocycles. The van der Waals surface area contributed by atoms with Crippen LogP contribution in [0.25, 0.3) is 11.3 Å². The Kier molecular flexibility index (Phi) is 7.31. The summed E-state index contributed by atoms with van der Waals surface area (Å²) in [4.78, 5) is 19.7. The number of fused-ring (bicyclic) bond motifs is 1. The van der Waals surface area contributed by atoms with Crippen LogP contribution in [0.3, 0.4) is 0 Å². The minimum Gasteiger partial charge on any atom is -0.507 e. The number of rotatable bonds is 10. The first kappa shape index (κ1) is 25.3. The summed E-state index contributed by atoms with van der Waals surface area (Å²) in [6.07, 6.45) is 4.41. The summed E-state index contributed by atoms with van der Waals surface area (Å²) in [7, 11) is 0. The Bertz CT molecular complexity index is 1420. The molecule has 196 valence electrons. The highest BCUT2D eigenvalue weighted by molar-refractivity contribution is 6.00. The van der Waals surface area contributed by atoms with Gasteiger partial charge in [0.1, 0.15) is 17.1 Å². The lowest BCUT2D eigenvalue weighted by molar-refractivity contribution is 0.0729. The summed E-state index contributed by atoms with van der Waals surface area (Å²) in [5, 5.41) is 18.0. The minimum absolute atomic E-state index is 0.0996. The van der Waals surface area contributed by atoms with E-state index in [1.807, 2.05) is 43.3 Å². The smallest absolute Gasteiger partial charge is 0.273 e. The molecule has 1 amide bonds. The maximum atomic E-state index is 13.7. The molecular formula is C30H32N4O4. The van der Waals surface area contributed by atoms with Crippen molar-refractivity contribution < 1.29 is 19.4 Å². The molecule has 1 unspecified atom stereocenters. The van der Waals surface area contributed by atoms with Gasteiger partial charge in [-0.2, -0.15) is 5.10 Å². The lowest BCUT2D eigenvalue weighted by Crippen LogP contribution is -2.29. The van der Waals surface area contributed by atoms with Gasteiger partial charge in [-0.25, -0.2) is 0 Å². The van der Waals surface area contributed by atoms with Crippen LogP contribution in [0.4, 0.5) is 0 Å². The number of aromatic amines is 1. The van der Waals surface area contributed by atoms with Gasteiger partial charge in [-0.15, -0.1) is 0 Å². The molecule has 0 spiro atoms. The van der Waals surface area contributed by atoms with Gasteiger partial charge in [-0.3, -0.25) is 14.9 Å². The van der Waals surface area contributed by atoms with Crippen LogP contribution in [0.15, 0.2) is 67.0 Å². The van der Waals surface area contributed by atoms with E-state index < -0.39 is 6.04 Å². The molecule has 5 rings (SSSR count). The molecule has 1 aliphatic rings. The molecule has 2 aromatic carbocycles. The van der Waals surface area contributed by atoms with Crippen molar-refractivity contribution >= 4 is 5.91 Å². The van der Waals surface area contributed by atoms with Crippen molar-refractivity contribution in [2.75, 3.05) is 13.2 Å². The number of para-hydroxylation sites is 1. The molecule has 4 aromatic rings. The van der Waals surface area contributed by atoms with Crippen molar-refractivity contribution in [3.8, 4) is 28.5 Å². The number of aromatic nitrogens is 3. The molecule has 38 heavy (non-hydrogen) atoms. The number of aromatic hydroxyl groups is 1. The zero-order valence-electron chi connectivity index (χ0n) is 21.8. The summed E-state index contributed by atoms with van der Waals surface area (Å²) in [5.41, 5.74) is 4.00. The minimum atomic E-state index is -0.463. The molecule has 0 aliphatic carbocycles. The van der Waals surface area contributed by atoms with Gasteiger partial charge < -0.3 is 19.5 Å². The zero-order chi connectivity index (χ0) is 26.6. The number of ether oxygens (including phenoxy) is 2. The van der Waals surface area contributed by atoms with E-state index in [0.29, 0.717) is 54.1 Å². The number of H-pyrrole nitrogens is 1. The molecule has 1 aliphatic heterocycles. The summed E-state index contributed by atoms with van der Waals surface area (Å²) in [6, 6.07) is 16.2. The number of carbonyl (C=O) groups is 1. The highest BCUT2D eigenvalue weighted by Gasteiger charge is 2.42. The van der Waals surface area contributed by atoms with Gasteiger partial charge >= 0.3 is 0 Å². The first-order valence-electron chi connectivity index (χ1n) is 12.9. The fourth-order valence-corrected chi connectivity index (χ4v) is 4.76. The standard InChI is InChI=1S/C30H32N4O4/c1-4-37-25-16-21(11-12-24(25)38-15-13-19(2)3)29-26-27(22-9-5-6-10-23(22)35)32-33-28(26)30(36)34(29)18-20-8-7-14-31-17-20/h5-12,14,16-17,19,29,35H,4,13,15,18H2,1-3H3,(H,32,33). The van der Waals surface area contributed by atoms with Gasteiger partial charge in [0.15, 0.2) is 11.5 Å². The van der Waals surface area contributed by atoms with Crippen LogP contribution in [0.1, 0.15) is 60.4 Å². The topological polar surface area (TPSA) is 101 Å². The molecule has 8 nitrogen and oxygen atoms in total. The van der Waals surface area contributed by atoms with E-state index in [1.54, 1.807) is 35.5 Å². The van der Waals surface area contributed by atoms with E-state index in [4.69, 9.17) is 9.47 Å². The average molecular weight is 513 g/mol. The average Bonchev–Trinajstić information content (AvgIpc) is 3.45. The number of nitrogens with zero attached hydrogens (tertiary/aromatic N) is 3. The predicted molar refractivity (Wildman–Crippen MR) is 144 cm³/mol. The molecule has 8 heteroatoms. The number of pyridine rings is 1. The van der Waals surface area contributed by atoms with E-state index >= 15 is 0 Å². The molecule has 0 fully saturated rings. The summed E-state index contributed by atoms with van der Waals surface area (Å²) >= 11 is 0. The number of phenolic OH excluding ortho intramolecular Hbond substituents is 1. The van der Waals surface area contributed by atoms with Gasteiger partial charge in [0.05, 0.1) is 19.3 Å². The van der Waals surface area contributed by atoms with Crippen molar-refractivity contribution in [1.29, 1.82) is 0 Å². The van der Waals surface area contributed by atoms with Crippen molar-refractivity contribution in [1.82, 2.24) is 20.1 Å². The van der Waals surface area contributed by atoms with Crippen LogP contribution < -0.4 is 9.47 Å². The van der Waals surface area contributed by atoms with Gasteiger partial charge in [-0.05, 0) is 60.7 Å². The largest absolute Gasteiger partial charge is 0.507 e. The number of nitrogens with one attached hydrogen (secondary N) is 1. The normalized spacial score (nSPS) is 14.7. The molecule has 1 atom stereocenters. The van der Waals surface area contributed by atoms with Crippen LogP contribution in [-0.2, 0) is 6.54 Å². The van der Waals surface area contributed by atoms with E-state index in [-0.39, 0.29) is 11.7 Å². The molecular weight excluding hydrogens is 480 g/mol. The Morgan fingerprint density at radius 3 is 2.66 bits per heavy atom. The summed E-state index contributed by atoms with van der Waals surface area (Å²) in [5.74, 6) is 1.76. The molecule has 0 saturated heterocycles. The Morgan fingerprint density at radius 2 is 1.92 bits per heavy atom. The molecule has 0 bridgehead atoms. The van der Waals surface area contributed by atoms with Gasteiger partial charge in [0, 0.05) is 30.1 Å². The third-order valence-corrected chi connectivity index (χ3v) is 6.63. The maximum absolute atomic E-state index is 13.7. The molecule has 2 aromatic heterocycles. The van der Waals surface area contributed by atoms with Crippen LogP contribution in [0.2, 0.25) is 0 Å². The second-order valence-electron chi connectivity index (χ2n) is 9.75. The monoisotopic (exact) mass is 512 g/mol. The highest BCUT2D eigenvalue weighted by Crippen LogP contribution is 2.46. The Morgan fingerprint density at radius 1 is 1.08 bits per heavy atom. The number of hydrogen-bond acceptors (Lipinski definition) is 6. The van der Waals surface area contributed by atoms with Gasteiger partial charge in [-0.1, -0.05) is 38.1 Å². The third-order valence-electron chi connectivity index (χ3n) is 6.63. The van der Waals surface area contributed by atoms with E-state index in [9.17, 15) is 9.90 Å². The second-order valence-corrected chi connectivity index (χ2v) is 9.75. The van der Waals surface area contributed by atoms with Gasteiger partial charge in [0.2, 0.25) is 0 Å². The quantitative estimate of drug-likeness (QED) is 0.281. The maximum Gasteiger partial charge on any atom is 0.273 e. The van der Waals surface area contributed by atoms with Crippen molar-refractivity contribution in [2.24, 2.45) is 5.92 Å². The fraction of sp³-hybridized carbons (Fsp3) is 0.300. The van der Waals surface area contributed by atoms with E-state index in [0.717, 1.165) is 23.1 Å². The lowest BCUT2D eigenvalue weighted by Gasteiger charge is -2.27. The Labute approximate surface area is 222 Å². The van der Waals surface area contributed by atoms with Crippen LogP contribution in [-0.4, -0.2) is 44.3 Å². The third kappa shape index (κ3) is 4.94. The SMILES string of the molecule is CCOc1cc(C2c3c(-c4ccccc4O)n[nH]c3C(=O)N2Cc2cccnc2)ccc1OCCC(C)C. The molecule has 2 N–H and O–H groups in total. The van der Waals surface area contributed by atoms with E-state index in [2.05, 4.69) is 29.0 Å².